The van der Waals surface area contributed by atoms with Crippen molar-refractivity contribution in [3.05, 3.63) is 22.4 Å². The number of hydrogen-bond donors (Lipinski definition) is 0. The van der Waals surface area contributed by atoms with Gasteiger partial charge in [0.2, 0.25) is 5.91 Å². The van der Waals surface area contributed by atoms with E-state index >= 15 is 0 Å². The van der Waals surface area contributed by atoms with Crippen LogP contribution in [-0.2, 0) is 4.79 Å². The van der Waals surface area contributed by atoms with E-state index in [4.69, 9.17) is 0 Å². The second-order valence-electron chi connectivity index (χ2n) is 3.39. The van der Waals surface area contributed by atoms with E-state index in [0.717, 1.165) is 19.4 Å². The van der Waals surface area contributed by atoms with Gasteiger partial charge in [0.05, 0.1) is 11.4 Å². The van der Waals surface area contributed by atoms with Crippen LogP contribution in [0.4, 0.5) is 0 Å². The Morgan fingerprint density at radius 3 is 3.21 bits per heavy atom. The van der Waals surface area contributed by atoms with Crippen LogP contribution in [0.1, 0.15) is 23.8 Å². The highest BCUT2D eigenvalue weighted by Gasteiger charge is 2.29. The van der Waals surface area contributed by atoms with Crippen LogP contribution < -0.4 is 0 Å². The van der Waals surface area contributed by atoms with Gasteiger partial charge >= 0.3 is 0 Å². The third-order valence-corrected chi connectivity index (χ3v) is 4.01. The molecule has 1 atom stereocenters. The SMILES string of the molecule is O=C(CBr)N1CCCC1c1cccs1. The smallest absolute Gasteiger partial charge is 0.233 e. The maximum atomic E-state index is 11.6. The van der Waals surface area contributed by atoms with Crippen LogP contribution in [0.15, 0.2) is 17.5 Å². The Hall–Kier alpha value is -0.350. The maximum Gasteiger partial charge on any atom is 0.233 e. The molecule has 0 spiro atoms. The van der Waals surface area contributed by atoms with E-state index in [9.17, 15) is 4.79 Å². The Morgan fingerprint density at radius 2 is 2.57 bits per heavy atom. The Morgan fingerprint density at radius 1 is 1.71 bits per heavy atom. The second kappa shape index (κ2) is 4.45. The fraction of sp³-hybridized carbons (Fsp3) is 0.500. The molecule has 1 saturated heterocycles. The molecular formula is C10H12BrNOS. The van der Waals surface area contributed by atoms with Crippen molar-refractivity contribution < 1.29 is 4.79 Å². The van der Waals surface area contributed by atoms with E-state index in [0.29, 0.717) is 11.4 Å². The number of thiophene rings is 1. The molecule has 0 aliphatic carbocycles. The quantitative estimate of drug-likeness (QED) is 0.759. The zero-order chi connectivity index (χ0) is 9.97. The summed E-state index contributed by atoms with van der Waals surface area (Å²) in [7, 11) is 0. The van der Waals surface area contributed by atoms with Gasteiger partial charge in [-0.3, -0.25) is 4.79 Å². The molecular weight excluding hydrogens is 262 g/mol. The average Bonchev–Trinajstić information content (AvgIpc) is 2.85. The van der Waals surface area contributed by atoms with Crippen LogP contribution in [0.5, 0.6) is 0 Å². The van der Waals surface area contributed by atoms with E-state index in [1.54, 1.807) is 11.3 Å². The molecule has 1 aromatic heterocycles. The topological polar surface area (TPSA) is 20.3 Å². The van der Waals surface area contributed by atoms with Gasteiger partial charge in [-0.25, -0.2) is 0 Å². The molecule has 2 nitrogen and oxygen atoms in total. The van der Waals surface area contributed by atoms with E-state index in [-0.39, 0.29) is 5.91 Å². The Balaban J connectivity index is 2.15. The fourth-order valence-corrected chi connectivity index (χ4v) is 3.11. The van der Waals surface area contributed by atoms with Gasteiger partial charge < -0.3 is 4.90 Å². The lowest BCUT2D eigenvalue weighted by Gasteiger charge is -2.22. The summed E-state index contributed by atoms with van der Waals surface area (Å²) in [4.78, 5) is 14.9. The Labute approximate surface area is 96.0 Å². The molecule has 0 radical (unpaired) electrons. The molecule has 1 aromatic rings. The molecule has 1 fully saturated rings. The summed E-state index contributed by atoms with van der Waals surface area (Å²) in [6.07, 6.45) is 2.24. The molecule has 2 heterocycles. The standard InChI is InChI=1S/C10H12BrNOS/c11-7-10(13)12-5-1-3-8(12)9-4-2-6-14-9/h2,4,6,8H,1,3,5,7H2. The Bertz CT molecular complexity index is 312. The van der Waals surface area contributed by atoms with Crippen molar-refractivity contribution in [2.45, 2.75) is 18.9 Å². The van der Waals surface area contributed by atoms with Gasteiger partial charge in [0.1, 0.15) is 0 Å². The lowest BCUT2D eigenvalue weighted by atomic mass is 10.2. The van der Waals surface area contributed by atoms with Gasteiger partial charge in [-0.15, -0.1) is 11.3 Å². The number of halogens is 1. The third-order valence-electron chi connectivity index (χ3n) is 2.56. The summed E-state index contributed by atoms with van der Waals surface area (Å²) in [5.74, 6) is 0.209. The Kier molecular flexibility index (Phi) is 3.23. The van der Waals surface area contributed by atoms with Crippen LogP contribution in [-0.4, -0.2) is 22.7 Å². The third kappa shape index (κ3) is 1.86. The molecule has 14 heavy (non-hydrogen) atoms. The number of alkyl halides is 1. The fourth-order valence-electron chi connectivity index (χ4n) is 1.92. The van der Waals surface area contributed by atoms with Crippen LogP contribution in [0, 0.1) is 0 Å². The molecule has 0 aromatic carbocycles. The van der Waals surface area contributed by atoms with Gasteiger partial charge in [-0.2, -0.15) is 0 Å². The number of amides is 1. The first-order chi connectivity index (χ1) is 6.83. The number of hydrogen-bond acceptors (Lipinski definition) is 2. The van der Waals surface area contributed by atoms with E-state index in [1.165, 1.54) is 4.88 Å². The van der Waals surface area contributed by atoms with Gasteiger partial charge in [-0.1, -0.05) is 22.0 Å². The van der Waals surface area contributed by atoms with Crippen molar-refractivity contribution in [3.63, 3.8) is 0 Å². The van der Waals surface area contributed by atoms with Crippen molar-refractivity contribution in [1.82, 2.24) is 4.90 Å². The zero-order valence-electron chi connectivity index (χ0n) is 7.78. The van der Waals surface area contributed by atoms with Gasteiger partial charge in [0.25, 0.3) is 0 Å². The number of rotatable bonds is 2. The summed E-state index contributed by atoms with van der Waals surface area (Å²) in [6, 6.07) is 4.50. The maximum absolute atomic E-state index is 11.6. The first kappa shape index (κ1) is 10.2. The van der Waals surface area contributed by atoms with Crippen molar-refractivity contribution in [3.8, 4) is 0 Å². The number of nitrogens with zero attached hydrogens (tertiary/aromatic N) is 1. The van der Waals surface area contributed by atoms with Crippen molar-refractivity contribution >= 4 is 33.2 Å². The monoisotopic (exact) mass is 273 g/mol. The van der Waals surface area contributed by atoms with Crippen LogP contribution in [0.3, 0.4) is 0 Å². The minimum Gasteiger partial charge on any atom is -0.334 e. The highest BCUT2D eigenvalue weighted by Crippen LogP contribution is 2.34. The molecule has 76 valence electrons. The van der Waals surface area contributed by atoms with Crippen LogP contribution >= 0.6 is 27.3 Å². The van der Waals surface area contributed by atoms with Crippen molar-refractivity contribution in [2.24, 2.45) is 0 Å². The number of carbonyl (C=O) groups excluding carboxylic acids is 1. The molecule has 1 unspecified atom stereocenters. The highest BCUT2D eigenvalue weighted by atomic mass is 79.9. The van der Waals surface area contributed by atoms with E-state index in [2.05, 4.69) is 33.4 Å². The summed E-state index contributed by atoms with van der Waals surface area (Å²) < 4.78 is 0. The van der Waals surface area contributed by atoms with Crippen LogP contribution in [0.2, 0.25) is 0 Å². The van der Waals surface area contributed by atoms with Crippen LogP contribution in [0.25, 0.3) is 0 Å². The number of likely N-dealkylation sites (tertiary alicyclic amines) is 1. The lowest BCUT2D eigenvalue weighted by Crippen LogP contribution is -2.30. The molecule has 1 aliphatic rings. The average molecular weight is 274 g/mol. The minimum absolute atomic E-state index is 0.209. The summed E-state index contributed by atoms with van der Waals surface area (Å²) in [5, 5.41) is 2.51. The van der Waals surface area contributed by atoms with E-state index < -0.39 is 0 Å². The minimum atomic E-state index is 0.209. The lowest BCUT2D eigenvalue weighted by molar-refractivity contribution is -0.129. The summed E-state index contributed by atoms with van der Waals surface area (Å²) in [6.45, 7) is 0.910. The van der Waals surface area contributed by atoms with Crippen molar-refractivity contribution in [2.75, 3.05) is 11.9 Å². The number of carbonyl (C=O) groups is 1. The first-order valence-corrected chi connectivity index (χ1v) is 6.72. The zero-order valence-corrected chi connectivity index (χ0v) is 10.2. The normalized spacial score (nSPS) is 21.5. The summed E-state index contributed by atoms with van der Waals surface area (Å²) >= 11 is 4.97. The second-order valence-corrected chi connectivity index (χ2v) is 4.93. The first-order valence-electron chi connectivity index (χ1n) is 4.72. The van der Waals surface area contributed by atoms with Crippen molar-refractivity contribution in [1.29, 1.82) is 0 Å². The highest BCUT2D eigenvalue weighted by molar-refractivity contribution is 9.09. The molecule has 1 amide bonds. The van der Waals surface area contributed by atoms with Gasteiger partial charge in [0.15, 0.2) is 0 Å². The van der Waals surface area contributed by atoms with Gasteiger partial charge in [0, 0.05) is 11.4 Å². The largest absolute Gasteiger partial charge is 0.334 e. The molecule has 0 bridgehead atoms. The predicted molar refractivity (Wildman–Crippen MR) is 61.8 cm³/mol. The molecule has 2 rings (SSSR count). The predicted octanol–water partition coefficient (Wildman–Crippen LogP) is 2.81. The van der Waals surface area contributed by atoms with E-state index in [1.807, 2.05) is 4.90 Å². The molecule has 0 N–H and O–H groups in total. The molecule has 4 heteroatoms. The summed E-state index contributed by atoms with van der Waals surface area (Å²) in [5.41, 5.74) is 0. The van der Waals surface area contributed by atoms with Gasteiger partial charge in [-0.05, 0) is 24.3 Å². The molecule has 1 aliphatic heterocycles. The molecule has 0 saturated carbocycles.